The highest BCUT2D eigenvalue weighted by atomic mass is 79.9. The molecule has 9 nitrogen and oxygen atoms in total. The number of carbonyl (C=O) groups is 4. The molecule has 0 aromatic heterocycles. The molecule has 5 atom stereocenters. The predicted octanol–water partition coefficient (Wildman–Crippen LogP) is 0.0743. The molecule has 0 amide bonds. The number of alkyl halides is 1. The Bertz CT molecular complexity index is 492. The fraction of sp³-hybridized carbons (Fsp3) is 0.692. The molecule has 1 fully saturated rings. The largest absolute Gasteiger partial charge is 0.467 e. The number of methoxy groups -OCH3 is 1. The van der Waals surface area contributed by atoms with Crippen molar-refractivity contribution in [2.24, 2.45) is 0 Å². The molecule has 0 radical (unpaired) electrons. The molecular weight excluding hydrogens is 380 g/mol. The number of ether oxygens (including phenoxy) is 5. The van der Waals surface area contributed by atoms with Gasteiger partial charge in [-0.3, -0.25) is 14.4 Å². The average Bonchev–Trinajstić information content (AvgIpc) is 2.43. The van der Waals surface area contributed by atoms with E-state index in [9.17, 15) is 19.2 Å². The summed E-state index contributed by atoms with van der Waals surface area (Å²) >= 11 is 3.11. The van der Waals surface area contributed by atoms with Gasteiger partial charge in [0, 0.05) is 20.8 Å². The van der Waals surface area contributed by atoms with Gasteiger partial charge >= 0.3 is 23.9 Å². The van der Waals surface area contributed by atoms with E-state index in [1.165, 1.54) is 0 Å². The molecule has 0 aliphatic carbocycles. The van der Waals surface area contributed by atoms with Gasteiger partial charge in [-0.25, -0.2) is 4.79 Å². The third-order valence-electron chi connectivity index (χ3n) is 2.82. The van der Waals surface area contributed by atoms with Gasteiger partial charge < -0.3 is 23.7 Å². The minimum absolute atomic E-state index is 0.668. The second-order valence-corrected chi connectivity index (χ2v) is 5.56. The normalized spacial score (nSPS) is 30.0. The molecule has 0 saturated carbocycles. The number of carbonyl (C=O) groups excluding carboxylic acids is 4. The van der Waals surface area contributed by atoms with Gasteiger partial charge in [0.2, 0.25) is 0 Å². The summed E-state index contributed by atoms with van der Waals surface area (Å²) in [5.41, 5.74) is 0. The summed E-state index contributed by atoms with van der Waals surface area (Å²) in [5.74, 6) is -2.95. The lowest BCUT2D eigenvalue weighted by Crippen LogP contribution is -2.61. The van der Waals surface area contributed by atoms with Gasteiger partial charge in [-0.15, -0.1) is 0 Å². The highest BCUT2D eigenvalue weighted by Gasteiger charge is 2.53. The standard InChI is InChI=1S/C13H17BrO9/c1-5(15)20-8-9(21-6(2)16)11(13(18)19-4)23-12(14)10(8)22-7(3)17/h8-12H,1-4H3/t8-,9-,10?,11-,12-/m0/s1. The zero-order chi connectivity index (χ0) is 17.7. The summed E-state index contributed by atoms with van der Waals surface area (Å²) in [4.78, 5) is 45.8. The second-order valence-electron chi connectivity index (χ2n) is 4.65. The van der Waals surface area contributed by atoms with E-state index in [2.05, 4.69) is 20.7 Å². The van der Waals surface area contributed by atoms with E-state index >= 15 is 0 Å². The summed E-state index contributed by atoms with van der Waals surface area (Å²) < 4.78 is 25.2. The summed E-state index contributed by atoms with van der Waals surface area (Å²) in [7, 11) is 1.12. The summed E-state index contributed by atoms with van der Waals surface area (Å²) in [5, 5.41) is -0.980. The lowest BCUT2D eigenvalue weighted by molar-refractivity contribution is -0.234. The van der Waals surface area contributed by atoms with Crippen molar-refractivity contribution in [3.63, 3.8) is 0 Å². The van der Waals surface area contributed by atoms with Gasteiger partial charge in [0.1, 0.15) is 0 Å². The number of hydrogen-bond donors (Lipinski definition) is 0. The fourth-order valence-electron chi connectivity index (χ4n) is 2.07. The van der Waals surface area contributed by atoms with Crippen molar-refractivity contribution in [1.82, 2.24) is 0 Å². The van der Waals surface area contributed by atoms with Crippen LogP contribution in [-0.4, -0.2) is 60.4 Å². The first-order valence-corrected chi connectivity index (χ1v) is 7.48. The Balaban J connectivity index is 3.21. The van der Waals surface area contributed by atoms with Gasteiger partial charge in [0.15, 0.2) is 29.4 Å². The monoisotopic (exact) mass is 396 g/mol. The smallest absolute Gasteiger partial charge is 0.339 e. The Hall–Kier alpha value is -1.68. The van der Waals surface area contributed by atoms with E-state index < -0.39 is 53.3 Å². The molecule has 1 unspecified atom stereocenters. The van der Waals surface area contributed by atoms with Crippen molar-refractivity contribution in [2.45, 2.75) is 50.2 Å². The highest BCUT2D eigenvalue weighted by molar-refractivity contribution is 9.09. The molecule has 0 aromatic rings. The van der Waals surface area contributed by atoms with Gasteiger partial charge in [-0.1, -0.05) is 15.9 Å². The topological polar surface area (TPSA) is 114 Å². The molecule has 1 saturated heterocycles. The first-order chi connectivity index (χ1) is 10.7. The van der Waals surface area contributed by atoms with Gasteiger partial charge in [-0.2, -0.15) is 0 Å². The molecule has 0 aromatic carbocycles. The molecule has 130 valence electrons. The van der Waals surface area contributed by atoms with E-state index in [1.54, 1.807) is 0 Å². The van der Waals surface area contributed by atoms with Crippen LogP contribution in [0.3, 0.4) is 0 Å². The van der Waals surface area contributed by atoms with Crippen molar-refractivity contribution >= 4 is 39.8 Å². The molecule has 1 rings (SSSR count). The Morgan fingerprint density at radius 2 is 1.26 bits per heavy atom. The molecule has 1 aliphatic heterocycles. The van der Waals surface area contributed by atoms with Crippen LogP contribution in [-0.2, 0) is 42.9 Å². The highest BCUT2D eigenvalue weighted by Crippen LogP contribution is 2.31. The maximum Gasteiger partial charge on any atom is 0.339 e. The minimum atomic E-state index is -1.36. The fourth-order valence-corrected chi connectivity index (χ4v) is 2.71. The maximum atomic E-state index is 11.9. The minimum Gasteiger partial charge on any atom is -0.467 e. The Labute approximate surface area is 140 Å². The summed E-state index contributed by atoms with van der Waals surface area (Å²) in [6, 6.07) is 0. The first kappa shape index (κ1) is 19.4. The van der Waals surface area contributed by atoms with Gasteiger partial charge in [0.25, 0.3) is 0 Å². The van der Waals surface area contributed by atoms with Gasteiger partial charge in [-0.05, 0) is 0 Å². The molecule has 0 spiro atoms. The van der Waals surface area contributed by atoms with E-state index in [1.807, 2.05) is 0 Å². The molecule has 0 N–H and O–H groups in total. The maximum absolute atomic E-state index is 11.9. The number of esters is 4. The Morgan fingerprint density at radius 1 is 0.826 bits per heavy atom. The van der Waals surface area contributed by atoms with Crippen molar-refractivity contribution in [1.29, 1.82) is 0 Å². The van der Waals surface area contributed by atoms with Crippen molar-refractivity contribution in [3.8, 4) is 0 Å². The van der Waals surface area contributed by atoms with E-state index in [4.69, 9.17) is 18.9 Å². The van der Waals surface area contributed by atoms with Gasteiger partial charge in [0.05, 0.1) is 7.11 Å². The lowest BCUT2D eigenvalue weighted by atomic mass is 9.99. The lowest BCUT2D eigenvalue weighted by Gasteiger charge is -2.41. The van der Waals surface area contributed by atoms with Crippen LogP contribution in [0.15, 0.2) is 0 Å². The number of hydrogen-bond acceptors (Lipinski definition) is 9. The van der Waals surface area contributed by atoms with Crippen LogP contribution < -0.4 is 0 Å². The van der Waals surface area contributed by atoms with Crippen LogP contribution in [0.25, 0.3) is 0 Å². The third-order valence-corrected chi connectivity index (χ3v) is 3.56. The summed E-state index contributed by atoms with van der Waals surface area (Å²) in [6.07, 6.45) is -5.06. The third kappa shape index (κ3) is 5.17. The Kier molecular flexibility index (Phi) is 6.95. The van der Waals surface area contributed by atoms with E-state index in [0.717, 1.165) is 27.9 Å². The van der Waals surface area contributed by atoms with Crippen LogP contribution >= 0.6 is 15.9 Å². The van der Waals surface area contributed by atoms with Crippen LogP contribution in [0.2, 0.25) is 0 Å². The average molecular weight is 397 g/mol. The predicted molar refractivity (Wildman–Crippen MR) is 76.3 cm³/mol. The van der Waals surface area contributed by atoms with E-state index in [-0.39, 0.29) is 0 Å². The summed E-state index contributed by atoms with van der Waals surface area (Å²) in [6.45, 7) is 3.39. The molecule has 1 heterocycles. The van der Waals surface area contributed by atoms with Crippen LogP contribution in [0.4, 0.5) is 0 Å². The van der Waals surface area contributed by atoms with Crippen molar-refractivity contribution < 1.29 is 42.9 Å². The second kappa shape index (κ2) is 8.25. The molecule has 23 heavy (non-hydrogen) atoms. The van der Waals surface area contributed by atoms with Crippen LogP contribution in [0.5, 0.6) is 0 Å². The molecule has 1 aliphatic rings. The number of rotatable bonds is 4. The molecular formula is C13H17BrO9. The first-order valence-electron chi connectivity index (χ1n) is 6.56. The number of halogens is 1. The quantitative estimate of drug-likeness (QED) is 0.369. The van der Waals surface area contributed by atoms with E-state index in [0.29, 0.717) is 0 Å². The van der Waals surface area contributed by atoms with Crippen LogP contribution in [0.1, 0.15) is 20.8 Å². The zero-order valence-corrected chi connectivity index (χ0v) is 14.5. The molecule has 10 heteroatoms. The van der Waals surface area contributed by atoms with Crippen molar-refractivity contribution in [2.75, 3.05) is 7.11 Å². The molecule has 0 bridgehead atoms. The zero-order valence-electron chi connectivity index (χ0n) is 12.9. The SMILES string of the molecule is COC(=O)[C@H]1O[C@H](Br)C(OC(C)=O)[C@@H](OC(C)=O)[C@@H]1OC(C)=O. The Morgan fingerprint density at radius 3 is 1.70 bits per heavy atom. The van der Waals surface area contributed by atoms with Crippen LogP contribution in [0, 0.1) is 0 Å². The van der Waals surface area contributed by atoms with Crippen molar-refractivity contribution in [3.05, 3.63) is 0 Å².